The Hall–Kier alpha value is -2.97. The number of aliphatic hydroxyl groups excluding tert-OH is 3. The van der Waals surface area contributed by atoms with E-state index in [9.17, 15) is 32.9 Å². The van der Waals surface area contributed by atoms with E-state index in [4.69, 9.17) is 5.11 Å². The fraction of sp³-hybridized carbons (Fsp3) is 0.519. The largest absolute Gasteiger partial charge is 0.550 e. The van der Waals surface area contributed by atoms with Crippen LogP contribution in [0.4, 0.5) is 10.3 Å². The van der Waals surface area contributed by atoms with Crippen LogP contribution in [0.25, 0.3) is 17.3 Å². The summed E-state index contributed by atoms with van der Waals surface area (Å²) in [6.07, 6.45) is 0.578. The molecule has 11 nitrogen and oxygen atoms in total. The molecule has 0 spiro atoms. The minimum absolute atomic E-state index is 0.0670. The zero-order valence-corrected chi connectivity index (χ0v) is 24.9. The normalized spacial score (nSPS) is 13.6. The number of carboxylic acids is 1. The molecule has 1 heterocycles. The van der Waals surface area contributed by atoms with Gasteiger partial charge >= 0.3 is 0 Å². The number of sulfonamides is 1. The predicted octanol–water partition coefficient (Wildman–Crippen LogP) is 0.752. The number of anilines is 1. The molecule has 0 aliphatic carbocycles. The fourth-order valence-corrected chi connectivity index (χ4v) is 3.71. The first-order chi connectivity index (χ1) is 18.4. The second-order valence-corrected chi connectivity index (χ2v) is 12.7. The maximum absolute atomic E-state index is 13.5. The van der Waals surface area contributed by atoms with Crippen LogP contribution in [0.15, 0.2) is 30.3 Å². The Labute approximate surface area is 235 Å². The first kappa shape index (κ1) is 35.1. The van der Waals surface area contributed by atoms with E-state index in [1.807, 2.05) is 13.8 Å². The second kappa shape index (κ2) is 15.1. The number of carboxylic acid groups (broad SMARTS) is 1. The molecule has 13 heteroatoms. The van der Waals surface area contributed by atoms with Crippen LogP contribution in [0, 0.1) is 5.82 Å². The Morgan fingerprint density at radius 2 is 1.73 bits per heavy atom. The highest BCUT2D eigenvalue weighted by atomic mass is 32.2. The minimum atomic E-state index is -3.66. The maximum atomic E-state index is 13.5. The molecule has 1 aromatic heterocycles. The zero-order chi connectivity index (χ0) is 30.8. The van der Waals surface area contributed by atoms with Crippen molar-refractivity contribution in [1.29, 1.82) is 0 Å². The first-order valence-corrected chi connectivity index (χ1v) is 14.5. The van der Waals surface area contributed by atoms with E-state index in [1.54, 1.807) is 0 Å². The highest BCUT2D eigenvalue weighted by molar-refractivity contribution is 7.92. The van der Waals surface area contributed by atoms with Crippen molar-refractivity contribution < 1.29 is 42.5 Å². The molecule has 2 rings (SSSR count). The van der Waals surface area contributed by atoms with Crippen LogP contribution in [0.3, 0.4) is 0 Å². The molecule has 0 aliphatic heterocycles. The molecule has 2 atom stereocenters. The zero-order valence-electron chi connectivity index (χ0n) is 24.1. The highest BCUT2D eigenvalue weighted by Gasteiger charge is 2.22. The lowest BCUT2D eigenvalue weighted by Gasteiger charge is -2.21. The number of quaternary nitrogens is 1. The monoisotopic (exact) mass is 584 g/mol. The number of hydrogen-bond acceptors (Lipinski definition) is 9. The number of rotatable bonds is 12. The number of halogens is 1. The van der Waals surface area contributed by atoms with Gasteiger partial charge in [0, 0.05) is 37.0 Å². The third-order valence-corrected chi connectivity index (χ3v) is 6.74. The average Bonchev–Trinajstić information content (AvgIpc) is 2.80. The summed E-state index contributed by atoms with van der Waals surface area (Å²) in [5, 5.41) is 39.0. The molecule has 3 N–H and O–H groups in total. The molecule has 0 fully saturated rings. The summed E-state index contributed by atoms with van der Waals surface area (Å²) in [7, 11) is 3.82. The minimum Gasteiger partial charge on any atom is -0.550 e. The van der Waals surface area contributed by atoms with Gasteiger partial charge in [-0.15, -0.1) is 0 Å². The van der Waals surface area contributed by atoms with Crippen LogP contribution in [0.2, 0.25) is 0 Å². The van der Waals surface area contributed by atoms with Crippen LogP contribution in [0.5, 0.6) is 0 Å². The smallest absolute Gasteiger partial charge is 0.239 e. The first-order valence-electron chi connectivity index (χ1n) is 12.6. The number of aliphatic carboxylic acids is 1. The van der Waals surface area contributed by atoms with Crippen molar-refractivity contribution in [2.75, 3.05) is 51.9 Å². The molecule has 40 heavy (non-hydrogen) atoms. The van der Waals surface area contributed by atoms with E-state index in [0.29, 0.717) is 22.5 Å². The number of likely N-dealkylation sites (N-methyl/N-ethyl adjacent to an activating group) is 1. The molecule has 1 aromatic carbocycles. The Morgan fingerprint density at radius 1 is 1.15 bits per heavy atom. The highest BCUT2D eigenvalue weighted by Crippen LogP contribution is 2.31. The van der Waals surface area contributed by atoms with E-state index in [2.05, 4.69) is 31.1 Å². The quantitative estimate of drug-likeness (QED) is 0.306. The molecule has 0 aliphatic rings. The van der Waals surface area contributed by atoms with Crippen LogP contribution in [0.1, 0.15) is 43.9 Å². The molecule has 224 valence electrons. The molecule has 2 aromatic rings. The van der Waals surface area contributed by atoms with Crippen molar-refractivity contribution in [2.45, 2.75) is 44.8 Å². The Balaban J connectivity index is 0.00000101. The summed E-state index contributed by atoms with van der Waals surface area (Å²) in [4.78, 5) is 19.4. The van der Waals surface area contributed by atoms with E-state index in [-0.39, 0.29) is 24.9 Å². The van der Waals surface area contributed by atoms with Crippen molar-refractivity contribution in [2.24, 2.45) is 0 Å². The number of aliphatic hydroxyl groups is 3. The lowest BCUT2D eigenvalue weighted by atomic mass is 9.97. The summed E-state index contributed by atoms with van der Waals surface area (Å²) in [6.45, 7) is 4.81. The van der Waals surface area contributed by atoms with Gasteiger partial charge in [0.25, 0.3) is 0 Å². The number of aromatic nitrogens is 2. The molecule has 0 amide bonds. The van der Waals surface area contributed by atoms with Gasteiger partial charge in [-0.3, -0.25) is 0 Å². The molecule has 0 bridgehead atoms. The topological polar surface area (TPSA) is 164 Å². The SMILES string of the molecule is CC(C)c1nc(N(C)S(C)(=O)=O)nc(-c2ccc(F)cc2)c1/C=C/[C@@H](O)C[C@@H](O)CC(=O)[O-].C[N+](C)(C)CCO. The lowest BCUT2D eigenvalue weighted by molar-refractivity contribution is -0.870. The van der Waals surface area contributed by atoms with Crippen molar-refractivity contribution in [3.05, 3.63) is 47.4 Å². The third-order valence-electron chi connectivity index (χ3n) is 5.58. The molecule has 0 saturated heterocycles. The molecule has 0 radical (unpaired) electrons. The summed E-state index contributed by atoms with van der Waals surface area (Å²) < 4.78 is 39.4. The van der Waals surface area contributed by atoms with Gasteiger partial charge in [0.1, 0.15) is 12.4 Å². The van der Waals surface area contributed by atoms with Gasteiger partial charge in [0.15, 0.2) is 0 Å². The van der Waals surface area contributed by atoms with Crippen LogP contribution in [-0.2, 0) is 14.8 Å². The summed E-state index contributed by atoms with van der Waals surface area (Å²) in [5.74, 6) is -2.14. The van der Waals surface area contributed by atoms with Gasteiger partial charge in [-0.05, 0) is 30.2 Å². The van der Waals surface area contributed by atoms with Crippen molar-refractivity contribution in [3.63, 3.8) is 0 Å². The number of carbonyl (C=O) groups excluding carboxylic acids is 1. The molecule has 0 unspecified atom stereocenters. The van der Waals surface area contributed by atoms with Gasteiger partial charge in [-0.2, -0.15) is 0 Å². The maximum Gasteiger partial charge on any atom is 0.239 e. The number of hydrogen-bond donors (Lipinski definition) is 3. The van der Waals surface area contributed by atoms with Gasteiger partial charge < -0.3 is 29.7 Å². The number of benzene rings is 1. The van der Waals surface area contributed by atoms with Gasteiger partial charge in [0.05, 0.1) is 57.6 Å². The van der Waals surface area contributed by atoms with Crippen LogP contribution in [-0.4, -0.2) is 104 Å². The Morgan fingerprint density at radius 3 is 2.15 bits per heavy atom. The number of carbonyl (C=O) groups is 1. The Bertz CT molecular complexity index is 1250. The third kappa shape index (κ3) is 12.0. The van der Waals surface area contributed by atoms with E-state index in [1.165, 1.54) is 43.5 Å². The Kier molecular flexibility index (Phi) is 13.3. The fourth-order valence-electron chi connectivity index (χ4n) is 3.34. The predicted molar refractivity (Wildman–Crippen MR) is 150 cm³/mol. The van der Waals surface area contributed by atoms with Crippen LogP contribution < -0.4 is 9.41 Å². The second-order valence-electron chi connectivity index (χ2n) is 10.7. The van der Waals surface area contributed by atoms with Gasteiger partial charge in [-0.1, -0.05) is 26.0 Å². The summed E-state index contributed by atoms with van der Waals surface area (Å²) in [5.41, 5.74) is 1.76. The van der Waals surface area contributed by atoms with Gasteiger partial charge in [0.2, 0.25) is 16.0 Å². The van der Waals surface area contributed by atoms with E-state index < -0.39 is 40.4 Å². The average molecular weight is 585 g/mol. The summed E-state index contributed by atoms with van der Waals surface area (Å²) in [6, 6.07) is 5.46. The van der Waals surface area contributed by atoms with Gasteiger partial charge in [-0.25, -0.2) is 27.1 Å². The van der Waals surface area contributed by atoms with Crippen molar-refractivity contribution in [1.82, 2.24) is 9.97 Å². The van der Waals surface area contributed by atoms with E-state index >= 15 is 0 Å². The van der Waals surface area contributed by atoms with E-state index in [0.717, 1.165) is 21.6 Å². The standard InChI is InChI=1S/C22H28FN3O6S.C5H14NO/c1-13(2)20-18(10-9-16(27)11-17(28)12-19(29)30)21(14-5-7-15(23)8-6-14)25-22(24-20)26(3)33(4,31)32;1-6(2,3)4-5-7/h5-10,13,16-17,27-28H,11-12H2,1-4H3,(H,29,30);7H,4-5H2,1-3H3/q;+1/p-1/b10-9+;/t16-,17-;/m1./s1. The number of nitrogens with zero attached hydrogens (tertiary/aromatic N) is 4. The van der Waals surface area contributed by atoms with Crippen LogP contribution >= 0.6 is 0 Å². The lowest BCUT2D eigenvalue weighted by Crippen LogP contribution is -2.36. The molecular formula is C27H41FN4O7S. The summed E-state index contributed by atoms with van der Waals surface area (Å²) >= 11 is 0. The van der Waals surface area contributed by atoms with Crippen molar-refractivity contribution in [3.8, 4) is 11.3 Å². The molecule has 0 saturated carbocycles. The molecular weight excluding hydrogens is 543 g/mol. The van der Waals surface area contributed by atoms with Crippen molar-refractivity contribution >= 4 is 28.0 Å².